The second-order valence-electron chi connectivity index (χ2n) is 2.42. The van der Waals surface area contributed by atoms with Crippen molar-refractivity contribution in [2.24, 2.45) is 0 Å². The lowest BCUT2D eigenvalue weighted by Gasteiger charge is -2.09. The van der Waals surface area contributed by atoms with Gasteiger partial charge >= 0.3 is 0 Å². The van der Waals surface area contributed by atoms with Crippen LogP contribution >= 0.6 is 34.8 Å². The van der Waals surface area contributed by atoms with E-state index < -0.39 is 3.79 Å². The van der Waals surface area contributed by atoms with Crippen molar-refractivity contribution >= 4 is 34.8 Å². The molecular weight excluding hydrogens is 221 g/mol. The molecule has 1 rings (SSSR count). The monoisotopic (exact) mass is 226 g/mol. The average Bonchev–Trinajstić information content (AvgIpc) is 1.91. The smallest absolute Gasteiger partial charge is 0.194 e. The van der Waals surface area contributed by atoms with Crippen molar-refractivity contribution in [3.05, 3.63) is 35.6 Å². The fourth-order valence-corrected chi connectivity index (χ4v) is 1.30. The van der Waals surface area contributed by atoms with Gasteiger partial charge in [-0.15, -0.1) is 0 Å². The van der Waals surface area contributed by atoms with Gasteiger partial charge in [0.05, 0.1) is 0 Å². The van der Waals surface area contributed by atoms with Crippen LogP contribution in [0.15, 0.2) is 24.3 Å². The summed E-state index contributed by atoms with van der Waals surface area (Å²) in [5, 5.41) is 0. The number of rotatable bonds is 1. The third kappa shape index (κ3) is 3.61. The van der Waals surface area contributed by atoms with Gasteiger partial charge in [0.15, 0.2) is 3.79 Å². The van der Waals surface area contributed by atoms with Gasteiger partial charge in [0.25, 0.3) is 0 Å². The second kappa shape index (κ2) is 3.82. The van der Waals surface area contributed by atoms with Crippen molar-refractivity contribution in [3.63, 3.8) is 0 Å². The van der Waals surface area contributed by atoms with Crippen LogP contribution in [0.5, 0.6) is 0 Å². The molecule has 0 spiro atoms. The molecule has 0 aliphatic carbocycles. The van der Waals surface area contributed by atoms with Gasteiger partial charge in [-0.25, -0.2) is 4.39 Å². The summed E-state index contributed by atoms with van der Waals surface area (Å²) in [4.78, 5) is 0. The first-order chi connectivity index (χ1) is 5.47. The van der Waals surface area contributed by atoms with Gasteiger partial charge in [-0.2, -0.15) is 0 Å². The Morgan fingerprint density at radius 3 is 2.00 bits per heavy atom. The topological polar surface area (TPSA) is 0 Å². The predicted molar refractivity (Wildman–Crippen MR) is 50.4 cm³/mol. The zero-order chi connectivity index (χ0) is 9.19. The largest absolute Gasteiger partial charge is 0.207 e. The van der Waals surface area contributed by atoms with Gasteiger partial charge in [0.2, 0.25) is 0 Å². The average molecular weight is 227 g/mol. The summed E-state index contributed by atoms with van der Waals surface area (Å²) >= 11 is 16.6. The normalized spacial score (nSPS) is 11.7. The third-order valence-corrected chi connectivity index (χ3v) is 1.72. The van der Waals surface area contributed by atoms with Crippen molar-refractivity contribution in [3.8, 4) is 0 Å². The zero-order valence-electron chi connectivity index (χ0n) is 6.03. The summed E-state index contributed by atoms with van der Waals surface area (Å²) in [5.74, 6) is -0.289. The summed E-state index contributed by atoms with van der Waals surface area (Å²) in [5.41, 5.74) is 0.802. The van der Waals surface area contributed by atoms with Crippen LogP contribution in [0.1, 0.15) is 5.56 Å². The van der Waals surface area contributed by atoms with E-state index in [2.05, 4.69) is 0 Å². The summed E-state index contributed by atoms with van der Waals surface area (Å²) in [6.45, 7) is 0. The Bertz CT molecular complexity index is 250. The molecule has 0 heterocycles. The SMILES string of the molecule is Fc1ccc(CC(Cl)(Cl)Cl)cc1. The molecule has 0 bridgehead atoms. The molecule has 0 atom stereocenters. The third-order valence-electron chi connectivity index (χ3n) is 1.32. The molecule has 0 nitrogen and oxygen atoms in total. The second-order valence-corrected chi connectivity index (χ2v) is 4.93. The van der Waals surface area contributed by atoms with E-state index >= 15 is 0 Å². The molecule has 12 heavy (non-hydrogen) atoms. The van der Waals surface area contributed by atoms with Gasteiger partial charge in [0, 0.05) is 6.42 Å². The Hall–Kier alpha value is 0.0200. The highest BCUT2D eigenvalue weighted by Gasteiger charge is 2.19. The van der Waals surface area contributed by atoms with E-state index in [4.69, 9.17) is 34.8 Å². The molecule has 1 aromatic carbocycles. The maximum atomic E-state index is 12.4. The van der Waals surface area contributed by atoms with Crippen molar-refractivity contribution in [2.45, 2.75) is 10.2 Å². The highest BCUT2D eigenvalue weighted by molar-refractivity contribution is 6.67. The van der Waals surface area contributed by atoms with Gasteiger partial charge in [-0.3, -0.25) is 0 Å². The zero-order valence-corrected chi connectivity index (χ0v) is 8.30. The molecule has 0 fully saturated rings. The van der Waals surface area contributed by atoms with Crippen LogP contribution in [-0.4, -0.2) is 3.79 Å². The minimum Gasteiger partial charge on any atom is -0.207 e. The van der Waals surface area contributed by atoms with Crippen molar-refractivity contribution in [1.29, 1.82) is 0 Å². The first-order valence-corrected chi connectivity index (χ1v) is 4.42. The molecule has 0 saturated heterocycles. The van der Waals surface area contributed by atoms with E-state index in [1.165, 1.54) is 12.1 Å². The van der Waals surface area contributed by atoms with Gasteiger partial charge in [-0.1, -0.05) is 46.9 Å². The lowest BCUT2D eigenvalue weighted by Crippen LogP contribution is -2.06. The Morgan fingerprint density at radius 1 is 1.08 bits per heavy atom. The maximum absolute atomic E-state index is 12.4. The van der Waals surface area contributed by atoms with Crippen LogP contribution in [0.3, 0.4) is 0 Å². The molecular formula is C8H6Cl3F. The summed E-state index contributed by atoms with van der Waals surface area (Å²) in [7, 11) is 0. The molecule has 1 aromatic rings. The van der Waals surface area contributed by atoms with Crippen LogP contribution in [0.4, 0.5) is 4.39 Å². The minimum absolute atomic E-state index is 0.289. The molecule has 0 radical (unpaired) electrons. The van der Waals surface area contributed by atoms with E-state index in [1.807, 2.05) is 0 Å². The summed E-state index contributed by atoms with van der Waals surface area (Å²) in [6.07, 6.45) is 0.290. The van der Waals surface area contributed by atoms with Crippen molar-refractivity contribution < 1.29 is 4.39 Å². The molecule has 0 N–H and O–H groups in total. The van der Waals surface area contributed by atoms with Crippen LogP contribution in [0.25, 0.3) is 0 Å². The van der Waals surface area contributed by atoms with Gasteiger partial charge in [0.1, 0.15) is 5.82 Å². The fourth-order valence-electron chi connectivity index (χ4n) is 0.834. The number of hydrogen-bond acceptors (Lipinski definition) is 0. The maximum Gasteiger partial charge on any atom is 0.194 e. The van der Waals surface area contributed by atoms with Crippen LogP contribution in [-0.2, 0) is 6.42 Å². The van der Waals surface area contributed by atoms with Gasteiger partial charge < -0.3 is 0 Å². The summed E-state index contributed by atoms with van der Waals surface area (Å²) < 4.78 is 11.1. The molecule has 0 unspecified atom stereocenters. The lowest BCUT2D eigenvalue weighted by atomic mass is 10.2. The fraction of sp³-hybridized carbons (Fsp3) is 0.250. The molecule has 0 aromatic heterocycles. The van der Waals surface area contributed by atoms with Crippen molar-refractivity contribution in [2.75, 3.05) is 0 Å². The minimum atomic E-state index is -1.31. The Morgan fingerprint density at radius 2 is 1.58 bits per heavy atom. The quantitative estimate of drug-likeness (QED) is 0.641. The Kier molecular flexibility index (Phi) is 3.22. The molecule has 0 amide bonds. The number of hydrogen-bond donors (Lipinski definition) is 0. The highest BCUT2D eigenvalue weighted by atomic mass is 35.6. The van der Waals surface area contributed by atoms with E-state index in [0.717, 1.165) is 5.56 Å². The Labute approximate surface area is 85.2 Å². The first kappa shape index (κ1) is 10.1. The standard InChI is InChI=1S/C8H6Cl3F/c9-8(10,11)5-6-1-3-7(12)4-2-6/h1-4H,5H2. The highest BCUT2D eigenvalue weighted by Crippen LogP contribution is 2.30. The van der Waals surface area contributed by atoms with Crippen molar-refractivity contribution in [1.82, 2.24) is 0 Å². The van der Waals surface area contributed by atoms with E-state index in [0.29, 0.717) is 0 Å². The van der Waals surface area contributed by atoms with E-state index in [9.17, 15) is 4.39 Å². The van der Waals surface area contributed by atoms with E-state index in [1.54, 1.807) is 12.1 Å². The molecule has 4 heteroatoms. The number of benzene rings is 1. The van der Waals surface area contributed by atoms with Gasteiger partial charge in [-0.05, 0) is 17.7 Å². The lowest BCUT2D eigenvalue weighted by molar-refractivity contribution is 0.627. The van der Waals surface area contributed by atoms with Crippen LogP contribution in [0.2, 0.25) is 0 Å². The summed E-state index contributed by atoms with van der Waals surface area (Å²) in [6, 6.07) is 5.87. The van der Waals surface area contributed by atoms with E-state index in [-0.39, 0.29) is 12.2 Å². The number of halogens is 4. The van der Waals surface area contributed by atoms with Crippen LogP contribution in [0, 0.1) is 5.82 Å². The first-order valence-electron chi connectivity index (χ1n) is 3.28. The molecule has 66 valence electrons. The number of alkyl halides is 3. The molecule has 0 saturated carbocycles. The molecule has 0 aliphatic heterocycles. The van der Waals surface area contributed by atoms with Crippen LogP contribution < -0.4 is 0 Å². The Balaban J connectivity index is 2.71. The predicted octanol–water partition coefficient (Wildman–Crippen LogP) is 3.74. The molecule has 0 aliphatic rings.